The summed E-state index contributed by atoms with van der Waals surface area (Å²) in [5, 5.41) is 4.85. The van der Waals surface area contributed by atoms with Gasteiger partial charge in [-0.3, -0.25) is 4.79 Å². The third-order valence-electron chi connectivity index (χ3n) is 5.18. The summed E-state index contributed by atoms with van der Waals surface area (Å²) in [7, 11) is 0. The molecule has 1 amide bonds. The van der Waals surface area contributed by atoms with E-state index in [0.29, 0.717) is 25.2 Å². The van der Waals surface area contributed by atoms with Gasteiger partial charge < -0.3 is 14.3 Å². The third-order valence-corrected chi connectivity index (χ3v) is 5.18. The van der Waals surface area contributed by atoms with Crippen molar-refractivity contribution in [3.63, 3.8) is 0 Å². The van der Waals surface area contributed by atoms with Crippen LogP contribution in [-0.4, -0.2) is 45.1 Å². The Morgan fingerprint density at radius 1 is 1.22 bits per heavy atom. The average Bonchev–Trinajstić information content (AvgIpc) is 3.01. The smallest absolute Gasteiger partial charge is 0.263 e. The van der Waals surface area contributed by atoms with E-state index < -0.39 is 0 Å². The van der Waals surface area contributed by atoms with Gasteiger partial charge >= 0.3 is 0 Å². The highest BCUT2D eigenvalue weighted by atomic mass is 16.5. The van der Waals surface area contributed by atoms with Crippen molar-refractivity contribution in [1.29, 1.82) is 0 Å². The second kappa shape index (κ2) is 7.34. The Morgan fingerprint density at radius 2 is 2.04 bits per heavy atom. The minimum absolute atomic E-state index is 0.116. The van der Waals surface area contributed by atoms with Gasteiger partial charge in [-0.2, -0.15) is 4.98 Å². The van der Waals surface area contributed by atoms with E-state index in [4.69, 9.17) is 4.52 Å². The van der Waals surface area contributed by atoms with Gasteiger partial charge in [-0.15, -0.1) is 0 Å². The van der Waals surface area contributed by atoms with Crippen LogP contribution in [0.3, 0.4) is 0 Å². The Morgan fingerprint density at radius 3 is 2.81 bits per heavy atom. The lowest BCUT2D eigenvalue weighted by Crippen LogP contribution is -2.42. The molecule has 0 unspecified atom stereocenters. The Labute approximate surface area is 158 Å². The summed E-state index contributed by atoms with van der Waals surface area (Å²) in [6, 6.07) is 10.3. The quantitative estimate of drug-likeness (QED) is 0.708. The molecule has 1 aromatic carbocycles. The number of rotatable bonds is 4. The molecule has 2 aromatic heterocycles. The van der Waals surface area contributed by atoms with E-state index in [0.717, 1.165) is 35.4 Å². The largest absolute Gasteiger partial charge is 0.353 e. The first-order chi connectivity index (χ1) is 13.2. The van der Waals surface area contributed by atoms with Crippen molar-refractivity contribution < 1.29 is 9.32 Å². The minimum Gasteiger partial charge on any atom is -0.353 e. The van der Waals surface area contributed by atoms with Gasteiger partial charge in [-0.25, -0.2) is 4.98 Å². The number of benzene rings is 1. The highest BCUT2D eigenvalue weighted by molar-refractivity contribution is 5.88. The number of hydrogen-bond acceptors (Lipinski definition) is 6. The average molecular weight is 365 g/mol. The molecule has 0 saturated carbocycles. The van der Waals surface area contributed by atoms with Crippen LogP contribution in [0, 0.1) is 6.92 Å². The molecule has 1 atom stereocenters. The Kier molecular flexibility index (Phi) is 4.75. The van der Waals surface area contributed by atoms with E-state index in [-0.39, 0.29) is 11.9 Å². The molecule has 27 heavy (non-hydrogen) atoms. The first-order valence-electron chi connectivity index (χ1n) is 9.32. The highest BCUT2D eigenvalue weighted by Crippen LogP contribution is 2.28. The lowest BCUT2D eigenvalue weighted by Gasteiger charge is -2.31. The van der Waals surface area contributed by atoms with Crippen LogP contribution in [0.1, 0.15) is 31.0 Å². The van der Waals surface area contributed by atoms with Crippen LogP contribution in [0.5, 0.6) is 0 Å². The molecular formula is C20H23N5O2. The van der Waals surface area contributed by atoms with Crippen LogP contribution >= 0.6 is 0 Å². The number of carbonyl (C=O) groups is 1. The molecule has 140 valence electrons. The SMILES string of the molecule is CC[C@H]1CN(c2ncnc3onc(C)c23)CCC(=O)N1Cc1ccccc1. The molecule has 3 heterocycles. The molecular weight excluding hydrogens is 342 g/mol. The van der Waals surface area contributed by atoms with E-state index in [1.165, 1.54) is 6.33 Å². The van der Waals surface area contributed by atoms with Gasteiger partial charge in [0.15, 0.2) is 0 Å². The summed E-state index contributed by atoms with van der Waals surface area (Å²) in [4.78, 5) is 25.7. The van der Waals surface area contributed by atoms with Gasteiger partial charge in [-0.1, -0.05) is 42.4 Å². The summed E-state index contributed by atoms with van der Waals surface area (Å²) < 4.78 is 5.28. The van der Waals surface area contributed by atoms with Gasteiger partial charge in [0.25, 0.3) is 5.71 Å². The Balaban J connectivity index is 1.64. The number of fused-ring (bicyclic) bond motifs is 1. The van der Waals surface area contributed by atoms with Crippen LogP contribution in [0.15, 0.2) is 41.2 Å². The molecule has 1 aliphatic rings. The van der Waals surface area contributed by atoms with E-state index in [1.54, 1.807) is 0 Å². The van der Waals surface area contributed by atoms with Crippen molar-refractivity contribution in [3.8, 4) is 0 Å². The summed E-state index contributed by atoms with van der Waals surface area (Å²) in [6.45, 7) is 6.00. The van der Waals surface area contributed by atoms with E-state index in [9.17, 15) is 4.79 Å². The van der Waals surface area contributed by atoms with Gasteiger partial charge in [0, 0.05) is 32.1 Å². The van der Waals surface area contributed by atoms with Crippen molar-refractivity contribution >= 4 is 22.8 Å². The first-order valence-corrected chi connectivity index (χ1v) is 9.32. The summed E-state index contributed by atoms with van der Waals surface area (Å²) >= 11 is 0. The summed E-state index contributed by atoms with van der Waals surface area (Å²) in [5.74, 6) is 0.979. The summed E-state index contributed by atoms with van der Waals surface area (Å²) in [6.07, 6.45) is 2.84. The van der Waals surface area contributed by atoms with E-state index in [2.05, 4.69) is 39.1 Å². The minimum atomic E-state index is 0.116. The lowest BCUT2D eigenvalue weighted by molar-refractivity contribution is -0.133. The zero-order valence-corrected chi connectivity index (χ0v) is 15.6. The molecule has 0 aliphatic carbocycles. The number of amides is 1. The molecule has 1 fully saturated rings. The highest BCUT2D eigenvalue weighted by Gasteiger charge is 2.30. The number of aromatic nitrogens is 3. The molecule has 0 spiro atoms. The molecule has 3 aromatic rings. The maximum absolute atomic E-state index is 12.9. The fourth-order valence-corrected chi connectivity index (χ4v) is 3.70. The first kappa shape index (κ1) is 17.5. The fourth-order valence-electron chi connectivity index (χ4n) is 3.70. The van der Waals surface area contributed by atoms with Gasteiger partial charge in [0.2, 0.25) is 5.91 Å². The molecule has 4 rings (SSSR count). The van der Waals surface area contributed by atoms with Crippen LogP contribution in [0.4, 0.5) is 5.82 Å². The third kappa shape index (κ3) is 3.37. The predicted molar refractivity (Wildman–Crippen MR) is 102 cm³/mol. The maximum Gasteiger partial charge on any atom is 0.263 e. The second-order valence-electron chi connectivity index (χ2n) is 6.91. The number of anilines is 1. The van der Waals surface area contributed by atoms with Gasteiger partial charge in [0.1, 0.15) is 17.5 Å². The molecule has 1 aliphatic heterocycles. The van der Waals surface area contributed by atoms with Crippen molar-refractivity contribution in [2.75, 3.05) is 18.0 Å². The normalized spacial score (nSPS) is 18.1. The molecule has 7 nitrogen and oxygen atoms in total. The van der Waals surface area contributed by atoms with E-state index >= 15 is 0 Å². The standard InChI is InChI=1S/C20H23N5O2/c1-3-16-12-24(19-18-14(2)23-27-20(18)22-13-21-19)10-9-17(26)25(16)11-15-7-5-4-6-8-15/h4-8,13,16H,3,9-12H2,1-2H3/t16-/m0/s1. The Bertz CT molecular complexity index is 940. The Hall–Kier alpha value is -2.96. The number of hydrogen-bond donors (Lipinski definition) is 0. The van der Waals surface area contributed by atoms with Crippen LogP contribution < -0.4 is 4.90 Å². The fraction of sp³-hybridized carbons (Fsp3) is 0.400. The van der Waals surface area contributed by atoms with Crippen LogP contribution in [-0.2, 0) is 11.3 Å². The van der Waals surface area contributed by atoms with E-state index in [1.807, 2.05) is 30.0 Å². The predicted octanol–water partition coefficient (Wildman–Crippen LogP) is 2.94. The lowest BCUT2D eigenvalue weighted by atomic mass is 10.1. The molecule has 1 saturated heterocycles. The maximum atomic E-state index is 12.9. The van der Waals surface area contributed by atoms with Crippen molar-refractivity contribution in [2.45, 2.75) is 39.3 Å². The number of nitrogens with zero attached hydrogens (tertiary/aromatic N) is 5. The van der Waals surface area contributed by atoms with Crippen LogP contribution in [0.25, 0.3) is 11.1 Å². The zero-order valence-electron chi connectivity index (χ0n) is 15.6. The monoisotopic (exact) mass is 365 g/mol. The van der Waals surface area contributed by atoms with Gasteiger partial charge in [-0.05, 0) is 18.9 Å². The topological polar surface area (TPSA) is 75.4 Å². The molecule has 0 bridgehead atoms. The summed E-state index contributed by atoms with van der Waals surface area (Å²) in [5.41, 5.74) is 2.41. The number of aryl methyl sites for hydroxylation is 1. The molecule has 0 N–H and O–H groups in total. The molecule has 0 radical (unpaired) electrons. The van der Waals surface area contributed by atoms with Crippen molar-refractivity contribution in [1.82, 2.24) is 20.0 Å². The van der Waals surface area contributed by atoms with Crippen LogP contribution in [0.2, 0.25) is 0 Å². The molecule has 7 heteroatoms. The van der Waals surface area contributed by atoms with Gasteiger partial charge in [0.05, 0.1) is 5.69 Å². The number of carbonyl (C=O) groups excluding carboxylic acids is 1. The van der Waals surface area contributed by atoms with Crippen molar-refractivity contribution in [2.24, 2.45) is 0 Å². The second-order valence-corrected chi connectivity index (χ2v) is 6.91. The van der Waals surface area contributed by atoms with Crippen molar-refractivity contribution in [3.05, 3.63) is 47.9 Å². The zero-order chi connectivity index (χ0) is 18.8.